The molecule has 1 heterocycles. The Kier molecular flexibility index (Phi) is 15.7. The van der Waals surface area contributed by atoms with Gasteiger partial charge in [0.05, 0.1) is 18.1 Å². The molecular formula is C39H57N5O8. The minimum atomic E-state index is -1.14. The van der Waals surface area contributed by atoms with Crippen molar-refractivity contribution < 1.29 is 38.7 Å². The van der Waals surface area contributed by atoms with Crippen LogP contribution in [0.5, 0.6) is 0 Å². The SMILES string of the molecule is CN[C@H](C(=O)N[C@H](C(=O)N(C)[C@H](/C=C(\C)C(=O)N[C@H](CCC(=O)O)C(=O)CCCN1C(=O)C=CC1=O)C(C)C)C(C)(C)C)C(C)(C)c1ccccc1. The number of Topliss-reactive ketones (excluding diaryl/α,β-unsaturated/α-hetero) is 1. The normalized spacial score (nSPS) is 16.0. The van der Waals surface area contributed by atoms with Gasteiger partial charge in [0, 0.05) is 49.6 Å². The van der Waals surface area contributed by atoms with E-state index >= 15 is 0 Å². The summed E-state index contributed by atoms with van der Waals surface area (Å²) in [6, 6.07) is 6.37. The van der Waals surface area contributed by atoms with Gasteiger partial charge in [-0.25, -0.2) is 0 Å². The Morgan fingerprint density at radius 2 is 1.48 bits per heavy atom. The first-order chi connectivity index (χ1) is 24.1. The van der Waals surface area contributed by atoms with Crippen LogP contribution in [0.25, 0.3) is 0 Å². The van der Waals surface area contributed by atoms with E-state index in [4.69, 9.17) is 0 Å². The Morgan fingerprint density at radius 3 is 1.98 bits per heavy atom. The van der Waals surface area contributed by atoms with Crippen LogP contribution in [-0.4, -0.2) is 101 Å². The van der Waals surface area contributed by atoms with Crippen LogP contribution in [-0.2, 0) is 39.0 Å². The van der Waals surface area contributed by atoms with Crippen LogP contribution in [0.15, 0.2) is 54.1 Å². The third-order valence-electron chi connectivity index (χ3n) is 9.49. The zero-order chi connectivity index (χ0) is 39.6. The summed E-state index contributed by atoms with van der Waals surface area (Å²) in [5.41, 5.74) is -0.129. The highest BCUT2D eigenvalue weighted by molar-refractivity contribution is 6.12. The first-order valence-corrected chi connectivity index (χ1v) is 17.7. The van der Waals surface area contributed by atoms with E-state index in [2.05, 4.69) is 16.0 Å². The van der Waals surface area contributed by atoms with E-state index in [0.29, 0.717) is 0 Å². The second kappa shape index (κ2) is 18.7. The van der Waals surface area contributed by atoms with Crippen molar-refractivity contribution >= 4 is 41.3 Å². The van der Waals surface area contributed by atoms with Gasteiger partial charge in [0.15, 0.2) is 5.78 Å². The molecule has 0 spiro atoms. The Bertz CT molecular complexity index is 1520. The van der Waals surface area contributed by atoms with Gasteiger partial charge in [0.25, 0.3) is 11.8 Å². The molecule has 4 N–H and O–H groups in total. The Hall–Kier alpha value is -4.65. The van der Waals surface area contributed by atoms with Gasteiger partial charge in [0.2, 0.25) is 17.7 Å². The second-order valence-corrected chi connectivity index (χ2v) is 15.3. The van der Waals surface area contributed by atoms with Crippen molar-refractivity contribution in [1.29, 1.82) is 0 Å². The molecule has 0 unspecified atom stereocenters. The summed E-state index contributed by atoms with van der Waals surface area (Å²) in [4.78, 5) is 92.1. The van der Waals surface area contributed by atoms with Gasteiger partial charge in [0.1, 0.15) is 6.04 Å². The van der Waals surface area contributed by atoms with Crippen molar-refractivity contribution in [3.63, 3.8) is 0 Å². The van der Waals surface area contributed by atoms with Gasteiger partial charge < -0.3 is 26.0 Å². The first-order valence-electron chi connectivity index (χ1n) is 17.7. The van der Waals surface area contributed by atoms with E-state index in [1.54, 1.807) is 27.1 Å². The molecule has 0 saturated heterocycles. The molecule has 13 heteroatoms. The third kappa shape index (κ3) is 11.7. The summed E-state index contributed by atoms with van der Waals surface area (Å²) in [5.74, 6) is -3.96. The predicted octanol–water partition coefficient (Wildman–Crippen LogP) is 3.14. The molecule has 0 radical (unpaired) electrons. The number of likely N-dealkylation sites (N-methyl/N-ethyl adjacent to an activating group) is 2. The topological polar surface area (TPSA) is 182 Å². The molecule has 1 aliphatic heterocycles. The number of carbonyl (C=O) groups excluding carboxylic acids is 6. The van der Waals surface area contributed by atoms with Crippen molar-refractivity contribution in [2.75, 3.05) is 20.6 Å². The third-order valence-corrected chi connectivity index (χ3v) is 9.49. The summed E-state index contributed by atoms with van der Waals surface area (Å²) < 4.78 is 0. The van der Waals surface area contributed by atoms with E-state index in [1.807, 2.05) is 78.8 Å². The smallest absolute Gasteiger partial charge is 0.303 e. The van der Waals surface area contributed by atoms with E-state index in [-0.39, 0.29) is 55.5 Å². The number of hydrogen-bond acceptors (Lipinski definition) is 8. The molecule has 5 amide bonds. The van der Waals surface area contributed by atoms with Gasteiger partial charge in [-0.05, 0) is 43.7 Å². The molecule has 0 aromatic heterocycles. The standard InChI is InChI=1S/C39H57N5O8/c1-24(2)28(23-25(3)35(50)41-27(18-21-32(48)49)29(45)17-14-22-44-30(46)19-20-31(44)47)43(10)37(52)34(38(4,5)6)42-36(51)33(40-9)39(7,8)26-15-12-11-13-16-26/h11-13,15-16,19-20,23-24,27-28,33-34,40H,14,17-18,21-22H2,1-10H3,(H,41,50)(H,42,51)(H,48,49)/b25-23+/t27-,28-,33-,34-/m1/s1. The number of hydrogen-bond donors (Lipinski definition) is 4. The average molecular weight is 724 g/mol. The number of nitrogens with one attached hydrogen (secondary N) is 3. The van der Waals surface area contributed by atoms with Crippen molar-refractivity contribution in [2.24, 2.45) is 11.3 Å². The molecule has 0 saturated carbocycles. The van der Waals surface area contributed by atoms with Crippen molar-refractivity contribution in [2.45, 2.75) is 111 Å². The predicted molar refractivity (Wildman–Crippen MR) is 198 cm³/mol. The highest BCUT2D eigenvalue weighted by Crippen LogP contribution is 2.29. The number of carbonyl (C=O) groups is 7. The lowest BCUT2D eigenvalue weighted by Crippen LogP contribution is -2.61. The van der Waals surface area contributed by atoms with Crippen LogP contribution in [0.3, 0.4) is 0 Å². The zero-order valence-corrected chi connectivity index (χ0v) is 32.2. The number of imide groups is 1. The molecular weight excluding hydrogens is 666 g/mol. The molecule has 13 nitrogen and oxygen atoms in total. The average Bonchev–Trinajstić information content (AvgIpc) is 3.39. The molecule has 1 aliphatic rings. The molecule has 0 aliphatic carbocycles. The van der Waals surface area contributed by atoms with Gasteiger partial charge in [-0.3, -0.25) is 38.5 Å². The van der Waals surface area contributed by atoms with E-state index in [9.17, 15) is 38.7 Å². The van der Waals surface area contributed by atoms with E-state index in [0.717, 1.165) is 22.6 Å². The number of rotatable bonds is 19. The second-order valence-electron chi connectivity index (χ2n) is 15.3. The molecule has 286 valence electrons. The van der Waals surface area contributed by atoms with Crippen LogP contribution in [0.2, 0.25) is 0 Å². The lowest BCUT2D eigenvalue weighted by Gasteiger charge is -2.40. The van der Waals surface area contributed by atoms with Crippen LogP contribution in [0, 0.1) is 11.3 Å². The fraction of sp³-hybridized carbons (Fsp3) is 0.564. The molecule has 1 aromatic carbocycles. The molecule has 4 atom stereocenters. The highest BCUT2D eigenvalue weighted by Gasteiger charge is 2.41. The first kappa shape index (κ1) is 43.5. The lowest BCUT2D eigenvalue weighted by molar-refractivity contribution is -0.141. The minimum Gasteiger partial charge on any atom is -0.481 e. The zero-order valence-electron chi connectivity index (χ0n) is 32.2. The Balaban J connectivity index is 2.25. The Morgan fingerprint density at radius 1 is 0.904 bits per heavy atom. The lowest BCUT2D eigenvalue weighted by atomic mass is 9.76. The van der Waals surface area contributed by atoms with E-state index in [1.165, 1.54) is 4.90 Å². The number of aliphatic carboxylic acids is 1. The quantitative estimate of drug-likeness (QED) is 0.123. The van der Waals surface area contributed by atoms with Gasteiger partial charge >= 0.3 is 5.97 Å². The van der Waals surface area contributed by atoms with Crippen molar-refractivity contribution in [3.8, 4) is 0 Å². The number of carboxylic acid groups (broad SMARTS) is 1. The van der Waals surface area contributed by atoms with Gasteiger partial charge in [-0.1, -0.05) is 84.9 Å². The molecule has 52 heavy (non-hydrogen) atoms. The number of carboxylic acids is 1. The van der Waals surface area contributed by atoms with Crippen molar-refractivity contribution in [3.05, 3.63) is 59.7 Å². The number of ketones is 1. The fourth-order valence-corrected chi connectivity index (χ4v) is 6.25. The summed E-state index contributed by atoms with van der Waals surface area (Å²) in [5, 5.41) is 18.1. The van der Waals surface area contributed by atoms with Gasteiger partial charge in [-0.2, -0.15) is 0 Å². The Labute approximate surface area is 307 Å². The largest absolute Gasteiger partial charge is 0.481 e. The van der Waals surface area contributed by atoms with Crippen molar-refractivity contribution in [1.82, 2.24) is 25.8 Å². The van der Waals surface area contributed by atoms with Crippen LogP contribution < -0.4 is 16.0 Å². The van der Waals surface area contributed by atoms with E-state index < -0.39 is 64.5 Å². The summed E-state index contributed by atoms with van der Waals surface area (Å²) in [7, 11) is 3.33. The van der Waals surface area contributed by atoms with Gasteiger partial charge in [-0.15, -0.1) is 0 Å². The summed E-state index contributed by atoms with van der Waals surface area (Å²) >= 11 is 0. The maximum atomic E-state index is 14.2. The maximum Gasteiger partial charge on any atom is 0.303 e. The fourth-order valence-electron chi connectivity index (χ4n) is 6.25. The molecule has 2 rings (SSSR count). The van der Waals surface area contributed by atoms with Crippen LogP contribution >= 0.6 is 0 Å². The number of nitrogens with zero attached hydrogens (tertiary/aromatic N) is 2. The van der Waals surface area contributed by atoms with Crippen LogP contribution in [0.1, 0.15) is 86.6 Å². The molecule has 0 bridgehead atoms. The monoisotopic (exact) mass is 723 g/mol. The number of benzene rings is 1. The number of amides is 5. The summed E-state index contributed by atoms with van der Waals surface area (Å²) in [6.45, 7) is 14.9. The summed E-state index contributed by atoms with van der Waals surface area (Å²) in [6.07, 6.45) is 3.48. The minimum absolute atomic E-state index is 0.0157. The molecule has 1 aromatic rings. The molecule has 0 fully saturated rings. The maximum absolute atomic E-state index is 14.2. The highest BCUT2D eigenvalue weighted by atomic mass is 16.4. The van der Waals surface area contributed by atoms with Crippen LogP contribution in [0.4, 0.5) is 0 Å².